The maximum atomic E-state index is 8.91. The van der Waals surface area contributed by atoms with Crippen molar-refractivity contribution in [1.29, 1.82) is 5.26 Å². The van der Waals surface area contributed by atoms with Crippen molar-refractivity contribution in [2.45, 2.75) is 6.42 Å². The topological polar surface area (TPSA) is 50.3 Å². The molecular weight excluding hydrogens is 214 g/mol. The first-order chi connectivity index (χ1) is 8.38. The highest BCUT2D eigenvalue weighted by molar-refractivity contribution is 5.69. The van der Waals surface area contributed by atoms with Gasteiger partial charge >= 0.3 is 0 Å². The number of aromatic nitrogens is 2. The number of pyridine rings is 1. The predicted octanol–water partition coefficient (Wildman–Crippen LogP) is 2.01. The average Bonchev–Trinajstić information content (AvgIpc) is 2.81. The molecule has 17 heavy (non-hydrogen) atoms. The summed E-state index contributed by atoms with van der Waals surface area (Å²) >= 11 is 0. The lowest BCUT2D eigenvalue weighted by Gasteiger charge is -2.13. The van der Waals surface area contributed by atoms with Crippen LogP contribution in [0.25, 0.3) is 11.1 Å². The van der Waals surface area contributed by atoms with Crippen LogP contribution in [0.5, 0.6) is 0 Å². The van der Waals surface area contributed by atoms with Crippen molar-refractivity contribution in [2.75, 3.05) is 13.2 Å². The molecule has 2 aromatic rings. The van der Waals surface area contributed by atoms with E-state index in [2.05, 4.69) is 17.2 Å². The molecular formula is C13H11N3O. The van der Waals surface area contributed by atoms with E-state index in [1.165, 1.54) is 5.57 Å². The molecule has 2 aromatic heterocycles. The van der Waals surface area contributed by atoms with E-state index in [0.29, 0.717) is 12.2 Å². The monoisotopic (exact) mass is 225 g/mol. The fourth-order valence-electron chi connectivity index (χ4n) is 2.05. The van der Waals surface area contributed by atoms with Crippen LogP contribution >= 0.6 is 0 Å². The number of rotatable bonds is 1. The van der Waals surface area contributed by atoms with Crippen molar-refractivity contribution in [3.05, 3.63) is 41.7 Å². The van der Waals surface area contributed by atoms with Crippen molar-refractivity contribution in [2.24, 2.45) is 0 Å². The Hall–Kier alpha value is -2.12. The summed E-state index contributed by atoms with van der Waals surface area (Å²) in [5.74, 6) is 0. The van der Waals surface area contributed by atoms with Gasteiger partial charge in [-0.25, -0.2) is 4.52 Å². The maximum absolute atomic E-state index is 8.91. The van der Waals surface area contributed by atoms with E-state index in [0.717, 1.165) is 24.1 Å². The molecule has 0 bridgehead atoms. The smallest absolute Gasteiger partial charge is 0.103 e. The first kappa shape index (κ1) is 10.1. The van der Waals surface area contributed by atoms with Gasteiger partial charge in [-0.3, -0.25) is 0 Å². The molecule has 1 aliphatic rings. The molecule has 0 saturated heterocycles. The van der Waals surface area contributed by atoms with Crippen molar-refractivity contribution >= 4 is 11.1 Å². The van der Waals surface area contributed by atoms with Crippen molar-refractivity contribution in [3.63, 3.8) is 0 Å². The molecule has 4 heteroatoms. The van der Waals surface area contributed by atoms with Crippen molar-refractivity contribution in [1.82, 2.24) is 9.61 Å². The Morgan fingerprint density at radius 3 is 3.12 bits per heavy atom. The molecule has 0 aromatic carbocycles. The minimum atomic E-state index is 0.609. The Bertz CT molecular complexity index is 634. The average molecular weight is 225 g/mol. The molecule has 0 atom stereocenters. The Labute approximate surface area is 98.7 Å². The largest absolute Gasteiger partial charge is 0.377 e. The second-order valence-electron chi connectivity index (χ2n) is 3.97. The van der Waals surface area contributed by atoms with Gasteiger partial charge in [0.25, 0.3) is 0 Å². The highest BCUT2D eigenvalue weighted by Gasteiger charge is 2.09. The molecule has 3 rings (SSSR count). The second kappa shape index (κ2) is 4.04. The molecule has 84 valence electrons. The quantitative estimate of drug-likeness (QED) is 0.746. The predicted molar refractivity (Wildman–Crippen MR) is 63.3 cm³/mol. The fraction of sp³-hybridized carbons (Fsp3) is 0.231. The third-order valence-corrected chi connectivity index (χ3v) is 2.97. The van der Waals surface area contributed by atoms with Gasteiger partial charge in [0.05, 0.1) is 30.5 Å². The van der Waals surface area contributed by atoms with Gasteiger partial charge in [-0.15, -0.1) is 0 Å². The summed E-state index contributed by atoms with van der Waals surface area (Å²) < 4.78 is 7.04. The first-order valence-corrected chi connectivity index (χ1v) is 5.53. The standard InChI is InChI=1S/C13H11N3O/c14-7-12-8-15-16-9-11(1-2-13(12)16)10-3-5-17-6-4-10/h1-3,8-9H,4-6H2. The minimum absolute atomic E-state index is 0.609. The second-order valence-corrected chi connectivity index (χ2v) is 3.97. The number of ether oxygens (including phenoxy) is 1. The summed E-state index contributed by atoms with van der Waals surface area (Å²) in [6.07, 6.45) is 6.59. The van der Waals surface area contributed by atoms with Crippen LogP contribution in [-0.2, 0) is 4.74 Å². The normalized spacial score (nSPS) is 15.6. The highest BCUT2D eigenvalue weighted by atomic mass is 16.5. The van der Waals surface area contributed by atoms with Crippen LogP contribution in [0.3, 0.4) is 0 Å². The van der Waals surface area contributed by atoms with Crippen molar-refractivity contribution in [3.8, 4) is 6.07 Å². The van der Waals surface area contributed by atoms with Crippen LogP contribution in [0, 0.1) is 11.3 Å². The molecule has 0 fully saturated rings. The van der Waals surface area contributed by atoms with Gasteiger partial charge in [-0.05, 0) is 23.6 Å². The Kier molecular flexibility index (Phi) is 2.39. The molecule has 0 spiro atoms. The first-order valence-electron chi connectivity index (χ1n) is 5.53. The van der Waals surface area contributed by atoms with Crippen LogP contribution in [0.2, 0.25) is 0 Å². The van der Waals surface area contributed by atoms with Gasteiger partial charge in [0, 0.05) is 6.20 Å². The summed E-state index contributed by atoms with van der Waals surface area (Å²) in [7, 11) is 0. The number of nitrogens with zero attached hydrogens (tertiary/aromatic N) is 3. The summed E-state index contributed by atoms with van der Waals surface area (Å²) in [6, 6.07) is 6.11. The molecule has 0 saturated carbocycles. The Morgan fingerprint density at radius 2 is 2.35 bits per heavy atom. The van der Waals surface area contributed by atoms with Gasteiger partial charge in [-0.2, -0.15) is 10.4 Å². The maximum Gasteiger partial charge on any atom is 0.103 e. The van der Waals surface area contributed by atoms with Crippen LogP contribution in [-0.4, -0.2) is 22.8 Å². The third-order valence-electron chi connectivity index (χ3n) is 2.97. The summed E-state index contributed by atoms with van der Waals surface area (Å²) in [5.41, 5.74) is 3.89. The van der Waals surface area contributed by atoms with E-state index in [1.54, 1.807) is 10.7 Å². The summed E-state index contributed by atoms with van der Waals surface area (Å²) in [5, 5.41) is 13.1. The third kappa shape index (κ3) is 1.71. The van der Waals surface area contributed by atoms with Crippen LogP contribution < -0.4 is 0 Å². The van der Waals surface area contributed by atoms with Crippen LogP contribution in [0.15, 0.2) is 30.6 Å². The van der Waals surface area contributed by atoms with Gasteiger partial charge in [0.15, 0.2) is 0 Å². The van der Waals surface area contributed by atoms with Gasteiger partial charge < -0.3 is 4.74 Å². The molecule has 0 amide bonds. The number of fused-ring (bicyclic) bond motifs is 1. The lowest BCUT2D eigenvalue weighted by molar-refractivity contribution is 0.161. The zero-order chi connectivity index (χ0) is 11.7. The van der Waals surface area contributed by atoms with Gasteiger partial charge in [-0.1, -0.05) is 12.1 Å². The molecule has 3 heterocycles. The molecule has 0 aliphatic carbocycles. The van der Waals surface area contributed by atoms with E-state index >= 15 is 0 Å². The number of hydrogen-bond acceptors (Lipinski definition) is 3. The number of hydrogen-bond donors (Lipinski definition) is 0. The zero-order valence-electron chi connectivity index (χ0n) is 9.26. The highest BCUT2D eigenvalue weighted by Crippen LogP contribution is 2.22. The Morgan fingerprint density at radius 1 is 1.41 bits per heavy atom. The molecule has 0 N–H and O–H groups in total. The van der Waals surface area contributed by atoms with Gasteiger partial charge in [0.2, 0.25) is 0 Å². The van der Waals surface area contributed by atoms with E-state index in [4.69, 9.17) is 10.00 Å². The van der Waals surface area contributed by atoms with Crippen molar-refractivity contribution < 1.29 is 4.74 Å². The lowest BCUT2D eigenvalue weighted by Crippen LogP contribution is -2.04. The summed E-state index contributed by atoms with van der Waals surface area (Å²) in [4.78, 5) is 0. The lowest BCUT2D eigenvalue weighted by atomic mass is 10.0. The van der Waals surface area contributed by atoms with E-state index in [-0.39, 0.29) is 0 Å². The van der Waals surface area contributed by atoms with E-state index < -0.39 is 0 Å². The summed E-state index contributed by atoms with van der Waals surface area (Å²) in [6.45, 7) is 1.45. The molecule has 4 nitrogen and oxygen atoms in total. The van der Waals surface area contributed by atoms with Crippen LogP contribution in [0.1, 0.15) is 17.5 Å². The SMILES string of the molecule is N#Cc1cnn2cc(C3=CCOCC3)ccc12. The van der Waals surface area contributed by atoms with Gasteiger partial charge in [0.1, 0.15) is 6.07 Å². The molecule has 0 unspecified atom stereocenters. The number of nitriles is 1. The van der Waals surface area contributed by atoms with E-state index in [9.17, 15) is 0 Å². The zero-order valence-corrected chi connectivity index (χ0v) is 9.26. The minimum Gasteiger partial charge on any atom is -0.377 e. The molecule has 1 aliphatic heterocycles. The molecule has 0 radical (unpaired) electrons. The fourth-order valence-corrected chi connectivity index (χ4v) is 2.05. The Balaban J connectivity index is 2.08. The van der Waals surface area contributed by atoms with E-state index in [1.807, 2.05) is 18.3 Å². The van der Waals surface area contributed by atoms with Crippen LogP contribution in [0.4, 0.5) is 0 Å².